The molecule has 1 aliphatic rings. The summed E-state index contributed by atoms with van der Waals surface area (Å²) in [6, 6.07) is 1.40. The molecule has 0 bridgehead atoms. The summed E-state index contributed by atoms with van der Waals surface area (Å²) in [6.45, 7) is 4.27. The van der Waals surface area contributed by atoms with E-state index in [1.54, 1.807) is 23.9 Å². The Morgan fingerprint density at radius 1 is 1.24 bits per heavy atom. The highest BCUT2D eigenvalue weighted by Crippen LogP contribution is 2.40. The number of methoxy groups -OCH3 is 1. The lowest BCUT2D eigenvalue weighted by Crippen LogP contribution is -2.24. The maximum atomic E-state index is 12.9. The zero-order valence-electron chi connectivity index (χ0n) is 19.0. The van der Waals surface area contributed by atoms with Gasteiger partial charge >= 0.3 is 0 Å². The van der Waals surface area contributed by atoms with Crippen LogP contribution in [0.1, 0.15) is 31.5 Å². The smallest absolute Gasteiger partial charge is 0.258 e. The van der Waals surface area contributed by atoms with Crippen LogP contribution in [-0.4, -0.2) is 70.3 Å². The minimum absolute atomic E-state index is 0.108. The van der Waals surface area contributed by atoms with Gasteiger partial charge < -0.3 is 18.8 Å². The molecule has 0 N–H and O–H groups in total. The maximum Gasteiger partial charge on any atom is 0.258 e. The van der Waals surface area contributed by atoms with Gasteiger partial charge in [-0.25, -0.2) is 23.4 Å². The molecular formula is C21H25ClN6O5S. The number of pyridine rings is 1. The molecule has 0 spiro atoms. The fourth-order valence-corrected chi connectivity index (χ4v) is 4.92. The van der Waals surface area contributed by atoms with Crippen molar-refractivity contribution in [3.05, 3.63) is 41.3 Å². The molecule has 1 aliphatic heterocycles. The number of ether oxygens (including phenoxy) is 3. The predicted molar refractivity (Wildman–Crippen MR) is 124 cm³/mol. The summed E-state index contributed by atoms with van der Waals surface area (Å²) >= 11 is 5.79. The molecule has 4 rings (SSSR count). The fraction of sp³-hybridized carbons (Fsp3) is 0.476. The van der Waals surface area contributed by atoms with Crippen LogP contribution in [0.25, 0.3) is 11.4 Å². The first kappa shape index (κ1) is 24.3. The Labute approximate surface area is 202 Å². The van der Waals surface area contributed by atoms with Gasteiger partial charge in [-0.3, -0.25) is 0 Å². The molecule has 0 saturated heterocycles. The van der Waals surface area contributed by atoms with Gasteiger partial charge in [0, 0.05) is 32.1 Å². The maximum absolute atomic E-state index is 12.9. The van der Waals surface area contributed by atoms with Crippen molar-refractivity contribution >= 4 is 21.4 Å². The van der Waals surface area contributed by atoms with E-state index in [0.717, 1.165) is 0 Å². The molecule has 0 unspecified atom stereocenters. The highest BCUT2D eigenvalue weighted by molar-refractivity contribution is 7.90. The molecular weight excluding hydrogens is 484 g/mol. The normalized spacial score (nSPS) is 15.4. The van der Waals surface area contributed by atoms with Crippen molar-refractivity contribution in [2.75, 3.05) is 26.1 Å². The molecule has 3 aromatic rings. The molecule has 11 nitrogen and oxygen atoms in total. The van der Waals surface area contributed by atoms with Crippen molar-refractivity contribution in [3.8, 4) is 23.0 Å². The Hall–Kier alpha value is -2.83. The van der Waals surface area contributed by atoms with E-state index in [9.17, 15) is 8.42 Å². The van der Waals surface area contributed by atoms with Crippen molar-refractivity contribution < 1.29 is 22.6 Å². The first-order chi connectivity index (χ1) is 16.3. The molecule has 13 heteroatoms. The van der Waals surface area contributed by atoms with Crippen molar-refractivity contribution in [1.82, 2.24) is 29.7 Å². The zero-order chi connectivity index (χ0) is 24.3. The average molecular weight is 509 g/mol. The van der Waals surface area contributed by atoms with E-state index < -0.39 is 9.84 Å². The minimum Gasteiger partial charge on any atom is -0.485 e. The quantitative estimate of drug-likeness (QED) is 0.424. The lowest BCUT2D eigenvalue weighted by Gasteiger charge is -2.19. The van der Waals surface area contributed by atoms with Crippen LogP contribution in [0.2, 0.25) is 5.02 Å². The zero-order valence-corrected chi connectivity index (χ0v) is 20.6. The van der Waals surface area contributed by atoms with Gasteiger partial charge in [-0.1, -0.05) is 11.6 Å². The van der Waals surface area contributed by atoms with Crippen LogP contribution in [0.4, 0.5) is 0 Å². The molecule has 0 saturated carbocycles. The summed E-state index contributed by atoms with van der Waals surface area (Å²) in [6.07, 6.45) is 4.53. The van der Waals surface area contributed by atoms with E-state index in [1.807, 2.05) is 13.8 Å². The number of aromatic nitrogens is 6. The van der Waals surface area contributed by atoms with Crippen LogP contribution in [0.3, 0.4) is 0 Å². The van der Waals surface area contributed by atoms with Crippen molar-refractivity contribution in [1.29, 1.82) is 0 Å². The van der Waals surface area contributed by atoms with Crippen LogP contribution in [0.5, 0.6) is 11.6 Å². The van der Waals surface area contributed by atoms with Gasteiger partial charge in [0.25, 0.3) is 5.88 Å². The highest BCUT2D eigenvalue weighted by Gasteiger charge is 2.31. The molecule has 0 amide bonds. The number of sulfone groups is 1. The van der Waals surface area contributed by atoms with Gasteiger partial charge in [-0.15, -0.1) is 10.2 Å². The molecule has 0 fully saturated rings. The second-order valence-corrected chi connectivity index (χ2v) is 10.7. The van der Waals surface area contributed by atoms with E-state index >= 15 is 0 Å². The Bertz CT molecular complexity index is 1250. The number of fused-ring (bicyclic) bond motifs is 3. The van der Waals surface area contributed by atoms with Gasteiger partial charge in [-0.2, -0.15) is 0 Å². The Morgan fingerprint density at radius 3 is 2.71 bits per heavy atom. The second-order valence-electron chi connectivity index (χ2n) is 8.05. The standard InChI is InChI=1S/C21H25ClN6O5S/c1-13(2)33-21-19-16(4-6-23-21)20-27-26-18(28(20)15(10-31-3)11-32-19)12-34(29,30)7-5-17-24-8-14(22)9-25-17/h4,6,8-9,13,15H,5,7,10-12H2,1-3H3/t15-/m1/s1. The summed E-state index contributed by atoms with van der Waals surface area (Å²) in [4.78, 5) is 12.4. The number of hydrogen-bond donors (Lipinski definition) is 0. The van der Waals surface area contributed by atoms with Crippen LogP contribution >= 0.6 is 11.6 Å². The van der Waals surface area contributed by atoms with Crippen LogP contribution in [0, 0.1) is 0 Å². The molecule has 3 aromatic heterocycles. The van der Waals surface area contributed by atoms with Crippen molar-refractivity contribution in [2.45, 2.75) is 38.2 Å². The Balaban J connectivity index is 1.65. The van der Waals surface area contributed by atoms with Gasteiger partial charge in [0.05, 0.1) is 35.1 Å². The third-order valence-electron chi connectivity index (χ3n) is 5.03. The highest BCUT2D eigenvalue weighted by atomic mass is 35.5. The van der Waals surface area contributed by atoms with Crippen molar-refractivity contribution in [2.24, 2.45) is 0 Å². The molecule has 34 heavy (non-hydrogen) atoms. The largest absolute Gasteiger partial charge is 0.485 e. The van der Waals surface area contributed by atoms with E-state index in [0.29, 0.717) is 39.7 Å². The van der Waals surface area contributed by atoms with Gasteiger partial charge in [0.15, 0.2) is 21.4 Å². The SMILES string of the molecule is COC[C@@H]1COc2c(ccnc2OC(C)C)-c2nnc(CS(=O)(=O)CCc3ncc(Cl)cn3)n21. The van der Waals surface area contributed by atoms with Gasteiger partial charge in [0.2, 0.25) is 0 Å². The molecule has 4 heterocycles. The number of nitrogens with zero attached hydrogens (tertiary/aromatic N) is 6. The number of hydrogen-bond acceptors (Lipinski definition) is 10. The lowest BCUT2D eigenvalue weighted by molar-refractivity contribution is 0.121. The Kier molecular flexibility index (Phi) is 7.29. The summed E-state index contributed by atoms with van der Waals surface area (Å²) in [5.41, 5.74) is 0.620. The number of aryl methyl sites for hydroxylation is 1. The number of halogens is 1. The van der Waals surface area contributed by atoms with Crippen LogP contribution in [-0.2, 0) is 26.7 Å². The fourth-order valence-electron chi connectivity index (χ4n) is 3.59. The first-order valence-corrected chi connectivity index (χ1v) is 12.9. The van der Waals surface area contributed by atoms with Crippen LogP contribution in [0.15, 0.2) is 24.7 Å². The van der Waals surface area contributed by atoms with Crippen molar-refractivity contribution in [3.63, 3.8) is 0 Å². The summed E-state index contributed by atoms with van der Waals surface area (Å²) in [5, 5.41) is 8.93. The molecule has 182 valence electrons. The molecule has 0 aromatic carbocycles. The van der Waals surface area contributed by atoms with E-state index in [1.165, 1.54) is 12.4 Å². The lowest BCUT2D eigenvalue weighted by atomic mass is 10.2. The number of rotatable bonds is 9. The second kappa shape index (κ2) is 10.2. The predicted octanol–water partition coefficient (Wildman–Crippen LogP) is 2.31. The summed E-state index contributed by atoms with van der Waals surface area (Å²) < 4.78 is 44.9. The van der Waals surface area contributed by atoms with Gasteiger partial charge in [-0.05, 0) is 19.9 Å². The molecule has 0 radical (unpaired) electrons. The van der Waals surface area contributed by atoms with E-state index in [4.69, 9.17) is 25.8 Å². The van der Waals surface area contributed by atoms with Gasteiger partial charge in [0.1, 0.15) is 24.0 Å². The third kappa shape index (κ3) is 5.45. The third-order valence-corrected chi connectivity index (χ3v) is 6.75. The summed E-state index contributed by atoms with van der Waals surface area (Å²) in [5.74, 6) is 1.51. The summed E-state index contributed by atoms with van der Waals surface area (Å²) in [7, 11) is -1.98. The average Bonchev–Trinajstić information content (AvgIpc) is 3.11. The molecule has 0 aliphatic carbocycles. The molecule has 1 atom stereocenters. The van der Waals surface area contributed by atoms with Crippen LogP contribution < -0.4 is 9.47 Å². The topological polar surface area (TPSA) is 131 Å². The minimum atomic E-state index is -3.55. The van der Waals surface area contributed by atoms with E-state index in [-0.39, 0.29) is 43.3 Å². The Morgan fingerprint density at radius 2 is 2.00 bits per heavy atom. The van der Waals surface area contributed by atoms with E-state index in [2.05, 4.69) is 25.1 Å². The first-order valence-electron chi connectivity index (χ1n) is 10.7. The monoisotopic (exact) mass is 508 g/mol.